The number of rotatable bonds is 3. The van der Waals surface area contributed by atoms with Gasteiger partial charge in [0.05, 0.1) is 11.6 Å². The van der Waals surface area contributed by atoms with Crippen molar-refractivity contribution in [1.29, 1.82) is 5.26 Å². The van der Waals surface area contributed by atoms with Gasteiger partial charge < -0.3 is 15.1 Å². The van der Waals surface area contributed by atoms with E-state index in [1.807, 2.05) is 37.4 Å². The van der Waals surface area contributed by atoms with Gasteiger partial charge in [-0.2, -0.15) is 5.26 Å². The molecule has 3 rings (SSSR count). The van der Waals surface area contributed by atoms with Gasteiger partial charge in [0, 0.05) is 45.5 Å². The lowest BCUT2D eigenvalue weighted by Gasteiger charge is -2.37. The van der Waals surface area contributed by atoms with Crippen LogP contribution in [0, 0.1) is 11.3 Å². The molecule has 0 aromatic heterocycles. The van der Waals surface area contributed by atoms with E-state index >= 15 is 0 Å². The second kappa shape index (κ2) is 8.20. The van der Waals surface area contributed by atoms with E-state index in [2.05, 4.69) is 50.4 Å². The molecule has 1 aliphatic heterocycles. The maximum atomic E-state index is 9.00. The van der Waals surface area contributed by atoms with Crippen molar-refractivity contribution in [3.8, 4) is 6.07 Å². The fourth-order valence-corrected chi connectivity index (χ4v) is 3.08. The summed E-state index contributed by atoms with van der Waals surface area (Å²) in [5.41, 5.74) is 3.05. The van der Waals surface area contributed by atoms with Gasteiger partial charge in [0.1, 0.15) is 0 Å². The second-order valence-corrected chi connectivity index (χ2v) is 6.02. The highest BCUT2D eigenvalue weighted by atomic mass is 15.3. The number of aliphatic imine (C=N–C) groups is 1. The first-order valence-corrected chi connectivity index (χ1v) is 8.55. The SMILES string of the molecule is CN=C(NCc1cccc(C#N)c1)N1CCN(c2ccccc2)CC1. The molecular formula is C20H23N5. The van der Waals surface area contributed by atoms with Gasteiger partial charge in [0.25, 0.3) is 0 Å². The van der Waals surface area contributed by atoms with Crippen LogP contribution in [0.4, 0.5) is 5.69 Å². The van der Waals surface area contributed by atoms with Gasteiger partial charge in [-0.15, -0.1) is 0 Å². The molecule has 0 spiro atoms. The molecule has 5 nitrogen and oxygen atoms in total. The first kappa shape index (κ1) is 16.8. The molecule has 1 N–H and O–H groups in total. The van der Waals surface area contributed by atoms with E-state index in [4.69, 9.17) is 5.26 Å². The normalized spacial score (nSPS) is 15.0. The van der Waals surface area contributed by atoms with Gasteiger partial charge in [-0.05, 0) is 29.8 Å². The van der Waals surface area contributed by atoms with Gasteiger partial charge in [0.2, 0.25) is 0 Å². The monoisotopic (exact) mass is 333 g/mol. The van der Waals surface area contributed by atoms with Crippen molar-refractivity contribution in [3.63, 3.8) is 0 Å². The lowest BCUT2D eigenvalue weighted by atomic mass is 10.1. The Morgan fingerprint density at radius 2 is 1.84 bits per heavy atom. The van der Waals surface area contributed by atoms with Crippen LogP contribution in [-0.2, 0) is 6.54 Å². The van der Waals surface area contributed by atoms with Crippen molar-refractivity contribution in [2.45, 2.75) is 6.54 Å². The summed E-state index contributed by atoms with van der Waals surface area (Å²) in [6.45, 7) is 4.50. The Morgan fingerprint density at radius 1 is 1.08 bits per heavy atom. The summed E-state index contributed by atoms with van der Waals surface area (Å²) in [5, 5.41) is 12.4. The molecule has 1 aliphatic rings. The van der Waals surface area contributed by atoms with Crippen molar-refractivity contribution in [2.24, 2.45) is 4.99 Å². The summed E-state index contributed by atoms with van der Waals surface area (Å²) < 4.78 is 0. The van der Waals surface area contributed by atoms with Crippen LogP contribution in [0.1, 0.15) is 11.1 Å². The van der Waals surface area contributed by atoms with Crippen molar-refractivity contribution in [3.05, 3.63) is 65.7 Å². The number of nitrogens with one attached hydrogen (secondary N) is 1. The van der Waals surface area contributed by atoms with Gasteiger partial charge >= 0.3 is 0 Å². The van der Waals surface area contributed by atoms with Crippen LogP contribution in [0.15, 0.2) is 59.6 Å². The van der Waals surface area contributed by atoms with Crippen LogP contribution >= 0.6 is 0 Å². The molecule has 128 valence electrons. The molecule has 0 unspecified atom stereocenters. The number of benzene rings is 2. The van der Waals surface area contributed by atoms with Gasteiger partial charge in [-0.25, -0.2) is 0 Å². The zero-order valence-corrected chi connectivity index (χ0v) is 14.5. The van der Waals surface area contributed by atoms with E-state index in [1.165, 1.54) is 5.69 Å². The highest BCUT2D eigenvalue weighted by Gasteiger charge is 2.19. The lowest BCUT2D eigenvalue weighted by molar-refractivity contribution is 0.372. The summed E-state index contributed by atoms with van der Waals surface area (Å²) in [5.74, 6) is 0.912. The molecule has 0 atom stereocenters. The Kier molecular flexibility index (Phi) is 5.53. The average molecular weight is 333 g/mol. The van der Waals surface area contributed by atoms with E-state index in [9.17, 15) is 0 Å². The van der Waals surface area contributed by atoms with Crippen LogP contribution in [0.25, 0.3) is 0 Å². The van der Waals surface area contributed by atoms with Gasteiger partial charge in [0.15, 0.2) is 5.96 Å². The van der Waals surface area contributed by atoms with Crippen molar-refractivity contribution >= 4 is 11.6 Å². The zero-order valence-electron chi connectivity index (χ0n) is 14.5. The number of piperazine rings is 1. The predicted molar refractivity (Wildman–Crippen MR) is 102 cm³/mol. The maximum absolute atomic E-state index is 9.00. The minimum Gasteiger partial charge on any atom is -0.368 e. The molecule has 1 heterocycles. The Hall–Kier alpha value is -3.00. The number of hydrogen-bond donors (Lipinski definition) is 1. The Bertz CT molecular complexity index is 755. The molecule has 1 saturated heterocycles. The summed E-state index contributed by atoms with van der Waals surface area (Å²) in [6, 6.07) is 20.4. The molecule has 2 aromatic rings. The molecule has 2 aromatic carbocycles. The average Bonchev–Trinajstić information content (AvgIpc) is 2.70. The molecule has 0 amide bonds. The Balaban J connectivity index is 1.55. The van der Waals surface area contributed by atoms with Crippen molar-refractivity contribution in [2.75, 3.05) is 38.1 Å². The molecule has 25 heavy (non-hydrogen) atoms. The van der Waals surface area contributed by atoms with E-state index in [1.54, 1.807) is 0 Å². The summed E-state index contributed by atoms with van der Waals surface area (Å²) in [7, 11) is 1.82. The number of hydrogen-bond acceptors (Lipinski definition) is 3. The number of guanidine groups is 1. The topological polar surface area (TPSA) is 54.7 Å². The standard InChI is InChI=1S/C20H23N5/c1-22-20(23-16-18-7-5-6-17(14-18)15-21)25-12-10-24(11-13-25)19-8-3-2-4-9-19/h2-9,14H,10-13,16H2,1H3,(H,22,23). The summed E-state index contributed by atoms with van der Waals surface area (Å²) >= 11 is 0. The molecule has 1 fully saturated rings. The number of anilines is 1. The quantitative estimate of drug-likeness (QED) is 0.692. The highest BCUT2D eigenvalue weighted by Crippen LogP contribution is 2.15. The van der Waals surface area contributed by atoms with E-state index in [-0.39, 0.29) is 0 Å². The van der Waals surface area contributed by atoms with Gasteiger partial charge in [-0.3, -0.25) is 4.99 Å². The van der Waals surface area contributed by atoms with Crippen molar-refractivity contribution < 1.29 is 0 Å². The lowest BCUT2D eigenvalue weighted by Crippen LogP contribution is -2.52. The van der Waals surface area contributed by atoms with Crippen LogP contribution in [-0.4, -0.2) is 44.1 Å². The maximum Gasteiger partial charge on any atom is 0.194 e. The summed E-state index contributed by atoms with van der Waals surface area (Å²) in [4.78, 5) is 9.10. The largest absolute Gasteiger partial charge is 0.368 e. The molecule has 0 saturated carbocycles. The fourth-order valence-electron chi connectivity index (χ4n) is 3.08. The fraction of sp³-hybridized carbons (Fsp3) is 0.300. The van der Waals surface area contributed by atoms with Crippen LogP contribution in [0.5, 0.6) is 0 Å². The molecule has 0 aliphatic carbocycles. The number of nitrogens with zero attached hydrogens (tertiary/aromatic N) is 4. The predicted octanol–water partition coefficient (Wildman–Crippen LogP) is 2.46. The van der Waals surface area contributed by atoms with Crippen LogP contribution in [0.2, 0.25) is 0 Å². The first-order chi connectivity index (χ1) is 12.3. The number of nitriles is 1. The first-order valence-electron chi connectivity index (χ1n) is 8.55. The number of para-hydroxylation sites is 1. The van der Waals surface area contributed by atoms with Gasteiger partial charge in [-0.1, -0.05) is 30.3 Å². The molecular weight excluding hydrogens is 310 g/mol. The van der Waals surface area contributed by atoms with Crippen LogP contribution < -0.4 is 10.2 Å². The smallest absolute Gasteiger partial charge is 0.194 e. The summed E-state index contributed by atoms with van der Waals surface area (Å²) in [6.07, 6.45) is 0. The third kappa shape index (κ3) is 4.30. The van der Waals surface area contributed by atoms with E-state index in [0.717, 1.165) is 37.7 Å². The van der Waals surface area contributed by atoms with E-state index < -0.39 is 0 Å². The zero-order chi connectivity index (χ0) is 17.5. The second-order valence-electron chi connectivity index (χ2n) is 6.02. The Labute approximate surface area is 149 Å². The van der Waals surface area contributed by atoms with Crippen LogP contribution in [0.3, 0.4) is 0 Å². The molecule has 0 radical (unpaired) electrons. The minimum absolute atomic E-state index is 0.668. The third-order valence-electron chi connectivity index (χ3n) is 4.42. The highest BCUT2D eigenvalue weighted by molar-refractivity contribution is 5.80. The van der Waals surface area contributed by atoms with E-state index in [0.29, 0.717) is 12.1 Å². The minimum atomic E-state index is 0.668. The van der Waals surface area contributed by atoms with Crippen molar-refractivity contribution in [1.82, 2.24) is 10.2 Å². The molecule has 5 heteroatoms. The third-order valence-corrected chi connectivity index (χ3v) is 4.42. The Morgan fingerprint density at radius 3 is 2.52 bits per heavy atom. The molecule has 0 bridgehead atoms.